The average molecular weight is 304 g/mol. The van der Waals surface area contributed by atoms with Crippen molar-refractivity contribution >= 4 is 17.5 Å². The first-order chi connectivity index (χ1) is 10.1. The maximum Gasteiger partial charge on any atom is 0.175 e. The molecule has 1 aromatic heterocycles. The van der Waals surface area contributed by atoms with Gasteiger partial charge in [-0.15, -0.1) is 0 Å². The molecule has 1 heterocycles. The summed E-state index contributed by atoms with van der Waals surface area (Å²) in [5, 5.41) is 9.69. The van der Waals surface area contributed by atoms with Crippen molar-refractivity contribution in [3.8, 4) is 0 Å². The van der Waals surface area contributed by atoms with Gasteiger partial charge in [0.05, 0.1) is 23.7 Å². The molecule has 2 rings (SSSR count). The highest BCUT2D eigenvalue weighted by atomic mass is 32.2. The fourth-order valence-electron chi connectivity index (χ4n) is 2.03. The number of Topliss-reactive ketones (excluding diaryl/α,β-unsaturated/α-hetero) is 1. The third kappa shape index (κ3) is 3.54. The van der Waals surface area contributed by atoms with Crippen molar-refractivity contribution < 1.29 is 9.90 Å². The molecule has 0 fully saturated rings. The van der Waals surface area contributed by atoms with Gasteiger partial charge in [0.15, 0.2) is 10.9 Å². The van der Waals surface area contributed by atoms with E-state index in [9.17, 15) is 4.79 Å². The molecule has 21 heavy (non-hydrogen) atoms. The highest BCUT2D eigenvalue weighted by Crippen LogP contribution is 2.25. The van der Waals surface area contributed by atoms with E-state index in [-0.39, 0.29) is 17.6 Å². The lowest BCUT2D eigenvalue weighted by Crippen LogP contribution is -2.14. The number of imidazole rings is 1. The highest BCUT2D eigenvalue weighted by Gasteiger charge is 2.19. The van der Waals surface area contributed by atoms with Crippen molar-refractivity contribution in [1.82, 2.24) is 9.55 Å². The van der Waals surface area contributed by atoms with Gasteiger partial charge in [0.1, 0.15) is 0 Å². The Balaban J connectivity index is 2.09. The smallest absolute Gasteiger partial charge is 0.175 e. The predicted molar refractivity (Wildman–Crippen MR) is 84.6 cm³/mol. The van der Waals surface area contributed by atoms with E-state index in [2.05, 4.69) is 11.9 Å². The number of ketones is 1. The van der Waals surface area contributed by atoms with Crippen LogP contribution in [0.3, 0.4) is 0 Å². The van der Waals surface area contributed by atoms with E-state index in [1.54, 1.807) is 6.20 Å². The normalized spacial score (nSPS) is 12.4. The van der Waals surface area contributed by atoms with E-state index in [1.807, 2.05) is 42.8 Å². The van der Waals surface area contributed by atoms with Crippen molar-refractivity contribution in [2.24, 2.45) is 7.05 Å². The van der Waals surface area contributed by atoms with Crippen LogP contribution in [0.5, 0.6) is 0 Å². The molecule has 0 saturated carbocycles. The van der Waals surface area contributed by atoms with Gasteiger partial charge in [0, 0.05) is 12.6 Å². The molecule has 1 aromatic carbocycles. The topological polar surface area (TPSA) is 55.1 Å². The summed E-state index contributed by atoms with van der Waals surface area (Å²) in [5.41, 5.74) is 2.69. The number of carbonyl (C=O) groups is 1. The van der Waals surface area contributed by atoms with Gasteiger partial charge >= 0.3 is 0 Å². The summed E-state index contributed by atoms with van der Waals surface area (Å²) in [5.74, 6) is 0.0937. The SMILES string of the molecule is CCc1ccc(C(=O)C(C)Sc2ncc(CO)n2C)cc1. The third-order valence-electron chi connectivity index (χ3n) is 3.50. The Hall–Kier alpha value is -1.59. The van der Waals surface area contributed by atoms with E-state index in [0.29, 0.717) is 0 Å². The standard InChI is InChI=1S/C16H20N2O2S/c1-4-12-5-7-13(8-6-12)15(20)11(2)21-16-17-9-14(10-19)18(16)3/h5-9,11,19H,4,10H2,1-3H3. The Morgan fingerprint density at radius 1 is 1.38 bits per heavy atom. The fourth-order valence-corrected chi connectivity index (χ4v) is 2.98. The Kier molecular flexibility index (Phi) is 5.20. The van der Waals surface area contributed by atoms with Crippen LogP contribution in [-0.2, 0) is 20.1 Å². The molecule has 0 radical (unpaired) electrons. The number of carbonyl (C=O) groups excluding carboxylic acids is 1. The molecule has 0 aliphatic carbocycles. The van der Waals surface area contributed by atoms with Crippen LogP contribution >= 0.6 is 11.8 Å². The second-order valence-corrected chi connectivity index (χ2v) is 6.23. The van der Waals surface area contributed by atoms with Gasteiger partial charge in [-0.3, -0.25) is 4.79 Å². The quantitative estimate of drug-likeness (QED) is 0.658. The number of nitrogens with zero attached hydrogens (tertiary/aromatic N) is 2. The maximum atomic E-state index is 12.4. The van der Waals surface area contributed by atoms with Crippen molar-refractivity contribution in [2.45, 2.75) is 37.3 Å². The molecule has 0 aliphatic heterocycles. The lowest BCUT2D eigenvalue weighted by atomic mass is 10.1. The lowest BCUT2D eigenvalue weighted by molar-refractivity contribution is 0.0994. The van der Waals surface area contributed by atoms with E-state index in [4.69, 9.17) is 5.11 Å². The molecular formula is C16H20N2O2S. The fraction of sp³-hybridized carbons (Fsp3) is 0.375. The molecule has 0 bridgehead atoms. The van der Waals surface area contributed by atoms with Crippen LogP contribution < -0.4 is 0 Å². The van der Waals surface area contributed by atoms with Crippen LogP contribution in [0.1, 0.15) is 35.5 Å². The number of benzene rings is 1. The summed E-state index contributed by atoms with van der Waals surface area (Å²) in [6, 6.07) is 7.76. The molecular weight excluding hydrogens is 284 g/mol. The van der Waals surface area contributed by atoms with Crippen LogP contribution in [0, 0.1) is 0 Å². The highest BCUT2D eigenvalue weighted by molar-refractivity contribution is 8.00. The third-order valence-corrected chi connectivity index (χ3v) is 4.66. The van der Waals surface area contributed by atoms with Gasteiger partial charge < -0.3 is 9.67 Å². The first kappa shape index (κ1) is 15.8. The minimum atomic E-state index is -0.217. The van der Waals surface area contributed by atoms with Crippen molar-refractivity contribution in [3.63, 3.8) is 0 Å². The van der Waals surface area contributed by atoms with E-state index < -0.39 is 0 Å². The zero-order valence-corrected chi connectivity index (χ0v) is 13.4. The number of hydrogen-bond donors (Lipinski definition) is 1. The lowest BCUT2D eigenvalue weighted by Gasteiger charge is -2.11. The van der Waals surface area contributed by atoms with Gasteiger partial charge in [0.25, 0.3) is 0 Å². The summed E-state index contributed by atoms with van der Waals surface area (Å²) in [6.45, 7) is 3.92. The molecule has 4 nitrogen and oxygen atoms in total. The molecule has 1 atom stereocenters. The van der Waals surface area contributed by atoms with E-state index >= 15 is 0 Å². The van der Waals surface area contributed by atoms with Gasteiger partial charge in [-0.05, 0) is 18.9 Å². The number of aliphatic hydroxyl groups excluding tert-OH is 1. The summed E-state index contributed by atoms with van der Waals surface area (Å²) in [4.78, 5) is 16.7. The van der Waals surface area contributed by atoms with Crippen LogP contribution in [0.2, 0.25) is 0 Å². The Labute approximate surface area is 129 Å². The number of thioether (sulfide) groups is 1. The van der Waals surface area contributed by atoms with Gasteiger partial charge in [0.2, 0.25) is 0 Å². The number of aromatic nitrogens is 2. The predicted octanol–water partition coefficient (Wildman–Crippen LogP) is 2.84. The molecule has 5 heteroatoms. The van der Waals surface area contributed by atoms with Crippen LogP contribution in [-0.4, -0.2) is 25.7 Å². The van der Waals surface area contributed by atoms with Crippen LogP contribution in [0.25, 0.3) is 0 Å². The molecule has 1 N–H and O–H groups in total. The van der Waals surface area contributed by atoms with Crippen molar-refractivity contribution in [3.05, 3.63) is 47.3 Å². The summed E-state index contributed by atoms with van der Waals surface area (Å²) in [7, 11) is 1.84. The van der Waals surface area contributed by atoms with Crippen LogP contribution in [0.15, 0.2) is 35.6 Å². The summed E-state index contributed by atoms with van der Waals surface area (Å²) < 4.78 is 1.81. The number of aryl methyl sites for hydroxylation is 1. The monoisotopic (exact) mass is 304 g/mol. The molecule has 0 amide bonds. The summed E-state index contributed by atoms with van der Waals surface area (Å²) in [6.07, 6.45) is 2.60. The van der Waals surface area contributed by atoms with Crippen LogP contribution in [0.4, 0.5) is 0 Å². The largest absolute Gasteiger partial charge is 0.390 e. The van der Waals surface area contributed by atoms with E-state index in [0.717, 1.165) is 22.8 Å². The average Bonchev–Trinajstić information content (AvgIpc) is 2.87. The zero-order chi connectivity index (χ0) is 15.4. The molecule has 2 aromatic rings. The Morgan fingerprint density at radius 3 is 2.57 bits per heavy atom. The summed E-state index contributed by atoms with van der Waals surface area (Å²) >= 11 is 1.41. The van der Waals surface area contributed by atoms with Gasteiger partial charge in [-0.2, -0.15) is 0 Å². The number of rotatable bonds is 6. The molecule has 0 aliphatic rings. The maximum absolute atomic E-state index is 12.4. The molecule has 0 saturated heterocycles. The Bertz CT molecular complexity index is 620. The van der Waals surface area contributed by atoms with Gasteiger partial charge in [-0.1, -0.05) is 43.0 Å². The number of aliphatic hydroxyl groups is 1. The first-order valence-corrected chi connectivity index (χ1v) is 7.86. The van der Waals surface area contributed by atoms with Crippen molar-refractivity contribution in [2.75, 3.05) is 0 Å². The second-order valence-electron chi connectivity index (χ2n) is 4.92. The molecule has 1 unspecified atom stereocenters. The second kappa shape index (κ2) is 6.91. The van der Waals surface area contributed by atoms with E-state index in [1.165, 1.54) is 17.3 Å². The minimum Gasteiger partial charge on any atom is -0.390 e. The molecule has 0 spiro atoms. The zero-order valence-electron chi connectivity index (χ0n) is 12.5. The Morgan fingerprint density at radius 2 is 2.05 bits per heavy atom. The first-order valence-electron chi connectivity index (χ1n) is 6.98. The number of hydrogen-bond acceptors (Lipinski definition) is 4. The molecule has 112 valence electrons. The minimum absolute atomic E-state index is 0.0507. The van der Waals surface area contributed by atoms with Gasteiger partial charge in [-0.25, -0.2) is 4.98 Å². The van der Waals surface area contributed by atoms with Crippen molar-refractivity contribution in [1.29, 1.82) is 0 Å².